The molecule has 0 aromatic heterocycles. The number of rotatable bonds is 6. The molecule has 0 spiro atoms. The third-order valence-corrected chi connectivity index (χ3v) is 2.75. The van der Waals surface area contributed by atoms with Gasteiger partial charge >= 0.3 is 5.97 Å². The van der Waals surface area contributed by atoms with E-state index in [1.807, 2.05) is 11.9 Å². The van der Waals surface area contributed by atoms with Gasteiger partial charge in [-0.3, -0.25) is 4.79 Å². The monoisotopic (exact) mass is 254 g/mol. The molecule has 4 nitrogen and oxygen atoms in total. The molecular weight excluding hydrogens is 235 g/mol. The molecule has 0 bridgehead atoms. The van der Waals surface area contributed by atoms with Gasteiger partial charge in [-0.25, -0.2) is 4.39 Å². The molecule has 0 radical (unpaired) electrons. The van der Waals surface area contributed by atoms with Gasteiger partial charge in [0.25, 0.3) is 0 Å². The van der Waals surface area contributed by atoms with Crippen LogP contribution in [0.5, 0.6) is 0 Å². The van der Waals surface area contributed by atoms with E-state index in [0.717, 1.165) is 11.1 Å². The first-order valence-corrected chi connectivity index (χ1v) is 5.79. The standard InChI is InChI=1S/C13H19FN2O2/c1-16(6-5-13(17)18-2)9-10-3-4-12(14)7-11(10)8-15/h3-4,7H,5-6,8-9,15H2,1-2H3. The molecule has 100 valence electrons. The summed E-state index contributed by atoms with van der Waals surface area (Å²) in [5.74, 6) is -0.517. The average molecular weight is 254 g/mol. The zero-order valence-electron chi connectivity index (χ0n) is 10.8. The van der Waals surface area contributed by atoms with Gasteiger partial charge < -0.3 is 15.4 Å². The van der Waals surface area contributed by atoms with Crippen LogP contribution in [0, 0.1) is 5.82 Å². The molecule has 0 saturated carbocycles. The molecule has 1 aromatic carbocycles. The van der Waals surface area contributed by atoms with Gasteiger partial charge in [-0.2, -0.15) is 0 Å². The number of nitrogens with two attached hydrogens (primary N) is 1. The number of nitrogens with zero attached hydrogens (tertiary/aromatic N) is 1. The SMILES string of the molecule is COC(=O)CCN(C)Cc1ccc(F)cc1CN. The van der Waals surface area contributed by atoms with Crippen molar-refractivity contribution in [3.63, 3.8) is 0 Å². The molecule has 1 rings (SSSR count). The normalized spacial score (nSPS) is 10.7. The van der Waals surface area contributed by atoms with Crippen LogP contribution in [0.25, 0.3) is 0 Å². The third-order valence-electron chi connectivity index (χ3n) is 2.75. The third kappa shape index (κ3) is 4.43. The minimum Gasteiger partial charge on any atom is -0.469 e. The van der Waals surface area contributed by atoms with Crippen LogP contribution in [0.2, 0.25) is 0 Å². The lowest BCUT2D eigenvalue weighted by molar-refractivity contribution is -0.140. The molecule has 0 unspecified atom stereocenters. The summed E-state index contributed by atoms with van der Waals surface area (Å²) in [7, 11) is 3.27. The highest BCUT2D eigenvalue weighted by Gasteiger charge is 2.08. The molecule has 0 heterocycles. The minimum atomic E-state index is -0.281. The summed E-state index contributed by atoms with van der Waals surface area (Å²) in [6.45, 7) is 1.52. The van der Waals surface area contributed by atoms with Crippen LogP contribution < -0.4 is 5.73 Å². The summed E-state index contributed by atoms with van der Waals surface area (Å²) >= 11 is 0. The molecule has 0 amide bonds. The van der Waals surface area contributed by atoms with Crippen molar-refractivity contribution in [3.05, 3.63) is 35.1 Å². The Labute approximate surface area is 107 Å². The van der Waals surface area contributed by atoms with E-state index < -0.39 is 0 Å². The Bertz CT molecular complexity index is 410. The lowest BCUT2D eigenvalue weighted by Crippen LogP contribution is -2.22. The van der Waals surface area contributed by atoms with Crippen molar-refractivity contribution in [3.8, 4) is 0 Å². The fraction of sp³-hybridized carbons (Fsp3) is 0.462. The molecular formula is C13H19FN2O2. The Morgan fingerprint density at radius 3 is 2.78 bits per heavy atom. The van der Waals surface area contributed by atoms with Gasteiger partial charge in [0.2, 0.25) is 0 Å². The largest absolute Gasteiger partial charge is 0.469 e. The highest BCUT2D eigenvalue weighted by atomic mass is 19.1. The molecule has 1 aromatic rings. The minimum absolute atomic E-state index is 0.236. The van der Waals surface area contributed by atoms with Gasteiger partial charge in [0.15, 0.2) is 0 Å². The van der Waals surface area contributed by atoms with Crippen molar-refractivity contribution >= 4 is 5.97 Å². The number of ether oxygens (including phenoxy) is 1. The van der Waals surface area contributed by atoms with E-state index in [1.54, 1.807) is 6.07 Å². The van der Waals surface area contributed by atoms with Gasteiger partial charge in [-0.15, -0.1) is 0 Å². The fourth-order valence-electron chi connectivity index (χ4n) is 1.69. The van der Waals surface area contributed by atoms with Gasteiger partial charge in [0.1, 0.15) is 5.82 Å². The van der Waals surface area contributed by atoms with E-state index in [-0.39, 0.29) is 11.8 Å². The first-order valence-electron chi connectivity index (χ1n) is 5.79. The lowest BCUT2D eigenvalue weighted by atomic mass is 10.1. The smallest absolute Gasteiger partial charge is 0.306 e. The summed E-state index contributed by atoms with van der Waals surface area (Å²) in [6, 6.07) is 4.60. The zero-order chi connectivity index (χ0) is 13.5. The van der Waals surface area contributed by atoms with Gasteiger partial charge in [0.05, 0.1) is 13.5 Å². The van der Waals surface area contributed by atoms with Crippen molar-refractivity contribution < 1.29 is 13.9 Å². The first-order chi connectivity index (χ1) is 8.56. The second-order valence-electron chi connectivity index (χ2n) is 4.18. The van der Waals surface area contributed by atoms with Crippen LogP contribution in [-0.2, 0) is 22.6 Å². The Morgan fingerprint density at radius 2 is 2.17 bits per heavy atom. The van der Waals surface area contributed by atoms with Crippen LogP contribution in [0.15, 0.2) is 18.2 Å². The van der Waals surface area contributed by atoms with E-state index in [4.69, 9.17) is 5.73 Å². The van der Waals surface area contributed by atoms with Crippen LogP contribution in [0.3, 0.4) is 0 Å². The summed E-state index contributed by atoms with van der Waals surface area (Å²) in [5, 5.41) is 0. The summed E-state index contributed by atoms with van der Waals surface area (Å²) < 4.78 is 17.6. The van der Waals surface area contributed by atoms with Gasteiger partial charge in [-0.1, -0.05) is 6.07 Å². The Balaban J connectivity index is 2.58. The van der Waals surface area contributed by atoms with Crippen molar-refractivity contribution in [2.24, 2.45) is 5.73 Å². The molecule has 0 fully saturated rings. The number of benzene rings is 1. The maximum atomic E-state index is 13.0. The number of halogens is 1. The van der Waals surface area contributed by atoms with Crippen LogP contribution in [0.1, 0.15) is 17.5 Å². The van der Waals surface area contributed by atoms with Crippen molar-refractivity contribution in [2.75, 3.05) is 20.7 Å². The Hall–Kier alpha value is -1.46. The van der Waals surface area contributed by atoms with Gasteiger partial charge in [-0.05, 0) is 30.3 Å². The quantitative estimate of drug-likeness (QED) is 0.777. The van der Waals surface area contributed by atoms with Crippen LogP contribution in [-0.4, -0.2) is 31.6 Å². The predicted octanol–water partition coefficient (Wildman–Crippen LogP) is 1.28. The van der Waals surface area contributed by atoms with E-state index in [2.05, 4.69) is 4.74 Å². The molecule has 0 aliphatic heterocycles. The van der Waals surface area contributed by atoms with Crippen molar-refractivity contribution in [1.82, 2.24) is 4.90 Å². The molecule has 0 saturated heterocycles. The highest BCUT2D eigenvalue weighted by molar-refractivity contribution is 5.69. The van der Waals surface area contributed by atoms with Crippen LogP contribution in [0.4, 0.5) is 4.39 Å². The number of carbonyl (C=O) groups excluding carboxylic acids is 1. The lowest BCUT2D eigenvalue weighted by Gasteiger charge is -2.18. The average Bonchev–Trinajstić information content (AvgIpc) is 2.37. The van der Waals surface area contributed by atoms with E-state index >= 15 is 0 Å². The summed E-state index contributed by atoms with van der Waals surface area (Å²) in [4.78, 5) is 13.0. The summed E-state index contributed by atoms with van der Waals surface area (Å²) in [5.41, 5.74) is 7.35. The highest BCUT2D eigenvalue weighted by Crippen LogP contribution is 2.13. The second-order valence-corrected chi connectivity index (χ2v) is 4.18. The van der Waals surface area contributed by atoms with E-state index in [0.29, 0.717) is 26.1 Å². The summed E-state index contributed by atoms with van der Waals surface area (Å²) in [6.07, 6.45) is 0.339. The Morgan fingerprint density at radius 1 is 1.44 bits per heavy atom. The van der Waals surface area contributed by atoms with Crippen molar-refractivity contribution in [2.45, 2.75) is 19.5 Å². The number of hydrogen-bond acceptors (Lipinski definition) is 4. The first kappa shape index (κ1) is 14.6. The molecule has 2 N–H and O–H groups in total. The fourth-order valence-corrected chi connectivity index (χ4v) is 1.69. The number of carbonyl (C=O) groups is 1. The zero-order valence-corrected chi connectivity index (χ0v) is 10.8. The van der Waals surface area contributed by atoms with Gasteiger partial charge in [0, 0.05) is 19.6 Å². The Kier molecular flexibility index (Phi) is 5.74. The maximum Gasteiger partial charge on any atom is 0.306 e. The second kappa shape index (κ2) is 7.08. The predicted molar refractivity (Wildman–Crippen MR) is 67.3 cm³/mol. The molecule has 18 heavy (non-hydrogen) atoms. The maximum absolute atomic E-state index is 13.0. The van der Waals surface area contributed by atoms with Crippen LogP contribution >= 0.6 is 0 Å². The number of methoxy groups -OCH3 is 1. The number of esters is 1. The molecule has 5 heteroatoms. The van der Waals surface area contributed by atoms with E-state index in [9.17, 15) is 9.18 Å². The molecule has 0 aliphatic carbocycles. The number of hydrogen-bond donors (Lipinski definition) is 1. The topological polar surface area (TPSA) is 55.6 Å². The molecule has 0 atom stereocenters. The van der Waals surface area contributed by atoms with Crippen molar-refractivity contribution in [1.29, 1.82) is 0 Å². The van der Waals surface area contributed by atoms with E-state index in [1.165, 1.54) is 19.2 Å². The molecule has 0 aliphatic rings.